The first-order valence-corrected chi connectivity index (χ1v) is 6.65. The normalized spacial score (nSPS) is 10.4. The fourth-order valence-corrected chi connectivity index (χ4v) is 2.41. The molecule has 0 saturated carbocycles. The highest BCUT2D eigenvalue weighted by molar-refractivity contribution is 6.06. The summed E-state index contributed by atoms with van der Waals surface area (Å²) in [5.74, 6) is -0.693. The predicted molar refractivity (Wildman–Crippen MR) is 82.0 cm³/mol. The van der Waals surface area contributed by atoms with Gasteiger partial charge >= 0.3 is 0 Å². The molecule has 0 atom stereocenters. The summed E-state index contributed by atoms with van der Waals surface area (Å²) in [6, 6.07) is 14.8. The second-order valence-electron chi connectivity index (χ2n) is 4.90. The number of nitrogens with one attached hydrogen (secondary N) is 1. The largest absolute Gasteiger partial charge is 0.340 e. The van der Waals surface area contributed by atoms with Crippen LogP contribution in [0.4, 0.5) is 10.1 Å². The molecule has 1 heterocycles. The molecule has 3 rings (SSSR count). The summed E-state index contributed by atoms with van der Waals surface area (Å²) >= 11 is 0. The zero-order valence-corrected chi connectivity index (χ0v) is 11.8. The standard InChI is InChI=1S/C17H12FN3O/c1-21-15-7-6-13(18)8-12(15)9-16(21)17(22)20-14-5-3-2-4-11(14)10-19/h2-9H,1H3,(H,20,22). The van der Waals surface area contributed by atoms with Gasteiger partial charge in [0.05, 0.1) is 11.3 Å². The van der Waals surface area contributed by atoms with Crippen molar-refractivity contribution in [2.45, 2.75) is 0 Å². The minimum atomic E-state index is -0.347. The lowest BCUT2D eigenvalue weighted by atomic mass is 10.2. The van der Waals surface area contributed by atoms with E-state index in [0.29, 0.717) is 22.3 Å². The Balaban J connectivity index is 1.99. The van der Waals surface area contributed by atoms with Gasteiger partial charge < -0.3 is 9.88 Å². The molecule has 1 aromatic heterocycles. The smallest absolute Gasteiger partial charge is 0.272 e. The Kier molecular flexibility index (Phi) is 3.36. The van der Waals surface area contributed by atoms with Gasteiger partial charge in [0.1, 0.15) is 17.6 Å². The van der Waals surface area contributed by atoms with Crippen molar-refractivity contribution >= 4 is 22.5 Å². The fourth-order valence-electron chi connectivity index (χ4n) is 2.41. The lowest BCUT2D eigenvalue weighted by Crippen LogP contribution is -2.16. The molecule has 5 heteroatoms. The van der Waals surface area contributed by atoms with Crippen LogP contribution in [-0.4, -0.2) is 10.5 Å². The van der Waals surface area contributed by atoms with E-state index < -0.39 is 0 Å². The van der Waals surface area contributed by atoms with Crippen molar-refractivity contribution in [3.05, 3.63) is 65.6 Å². The molecule has 22 heavy (non-hydrogen) atoms. The van der Waals surface area contributed by atoms with E-state index in [0.717, 1.165) is 5.52 Å². The Morgan fingerprint density at radius 2 is 2.00 bits per heavy atom. The van der Waals surface area contributed by atoms with Crippen molar-refractivity contribution in [3.63, 3.8) is 0 Å². The molecular weight excluding hydrogens is 281 g/mol. The van der Waals surface area contributed by atoms with Crippen LogP contribution in [-0.2, 0) is 7.05 Å². The van der Waals surface area contributed by atoms with Crippen molar-refractivity contribution < 1.29 is 9.18 Å². The summed E-state index contributed by atoms with van der Waals surface area (Å²) in [6.07, 6.45) is 0. The maximum Gasteiger partial charge on any atom is 0.272 e. The Morgan fingerprint density at radius 1 is 1.23 bits per heavy atom. The lowest BCUT2D eigenvalue weighted by Gasteiger charge is -2.07. The number of halogens is 1. The third-order valence-electron chi connectivity index (χ3n) is 3.53. The number of hydrogen-bond acceptors (Lipinski definition) is 2. The summed E-state index contributed by atoms with van der Waals surface area (Å²) < 4.78 is 15.0. The molecule has 4 nitrogen and oxygen atoms in total. The van der Waals surface area contributed by atoms with Gasteiger partial charge in [0.25, 0.3) is 5.91 Å². The number of hydrogen-bond donors (Lipinski definition) is 1. The van der Waals surface area contributed by atoms with Crippen LogP contribution in [0.1, 0.15) is 16.1 Å². The van der Waals surface area contributed by atoms with E-state index in [-0.39, 0.29) is 11.7 Å². The van der Waals surface area contributed by atoms with Gasteiger partial charge in [0.15, 0.2) is 0 Å². The summed E-state index contributed by atoms with van der Waals surface area (Å²) in [7, 11) is 1.74. The van der Waals surface area contributed by atoms with Crippen molar-refractivity contribution in [1.82, 2.24) is 4.57 Å². The first-order chi connectivity index (χ1) is 10.6. The fraction of sp³-hybridized carbons (Fsp3) is 0.0588. The minimum absolute atomic E-state index is 0.346. The van der Waals surface area contributed by atoms with Crippen LogP contribution in [0.3, 0.4) is 0 Å². The average Bonchev–Trinajstić information content (AvgIpc) is 2.84. The maximum absolute atomic E-state index is 13.3. The van der Waals surface area contributed by atoms with Gasteiger partial charge in [-0.25, -0.2) is 4.39 Å². The first-order valence-electron chi connectivity index (χ1n) is 6.65. The van der Waals surface area contributed by atoms with Gasteiger partial charge in [0.2, 0.25) is 0 Å². The highest BCUT2D eigenvalue weighted by atomic mass is 19.1. The summed E-state index contributed by atoms with van der Waals surface area (Å²) in [6.45, 7) is 0. The first kappa shape index (κ1) is 13.8. The molecule has 0 saturated heterocycles. The van der Waals surface area contributed by atoms with E-state index in [1.165, 1.54) is 12.1 Å². The predicted octanol–water partition coefficient (Wildman–Crippen LogP) is 3.44. The number of anilines is 1. The molecule has 2 aromatic carbocycles. The van der Waals surface area contributed by atoms with Crippen LogP contribution in [0.5, 0.6) is 0 Å². The van der Waals surface area contributed by atoms with Crippen molar-refractivity contribution in [2.75, 3.05) is 5.32 Å². The van der Waals surface area contributed by atoms with Crippen LogP contribution >= 0.6 is 0 Å². The number of nitrogens with zero attached hydrogens (tertiary/aromatic N) is 2. The Morgan fingerprint density at radius 3 is 2.77 bits per heavy atom. The average molecular weight is 293 g/mol. The topological polar surface area (TPSA) is 57.8 Å². The van der Waals surface area contributed by atoms with Crippen molar-refractivity contribution in [1.29, 1.82) is 5.26 Å². The molecule has 3 aromatic rings. The molecule has 1 N–H and O–H groups in total. The van der Waals surface area contributed by atoms with Crippen molar-refractivity contribution in [2.24, 2.45) is 7.05 Å². The summed E-state index contributed by atoms with van der Waals surface area (Å²) in [4.78, 5) is 12.4. The number of nitriles is 1. The monoisotopic (exact) mass is 293 g/mol. The molecule has 0 aliphatic heterocycles. The van der Waals surface area contributed by atoms with Crippen LogP contribution in [0.15, 0.2) is 48.5 Å². The number of aromatic nitrogens is 1. The van der Waals surface area contributed by atoms with Gasteiger partial charge in [-0.3, -0.25) is 4.79 Å². The summed E-state index contributed by atoms with van der Waals surface area (Å²) in [5, 5.41) is 12.4. The number of rotatable bonds is 2. The van der Waals surface area contributed by atoms with Crippen molar-refractivity contribution in [3.8, 4) is 6.07 Å². The molecule has 0 unspecified atom stereocenters. The molecule has 0 spiro atoms. The minimum Gasteiger partial charge on any atom is -0.340 e. The molecule has 0 bridgehead atoms. The van der Waals surface area contributed by atoms with E-state index in [1.807, 2.05) is 6.07 Å². The number of amides is 1. The zero-order valence-electron chi connectivity index (χ0n) is 11.8. The Labute approximate surface area is 126 Å². The quantitative estimate of drug-likeness (QED) is 0.786. The molecule has 0 aliphatic rings. The molecule has 0 aliphatic carbocycles. The number of aryl methyl sites for hydroxylation is 1. The number of benzene rings is 2. The SMILES string of the molecule is Cn1c(C(=O)Nc2ccccc2C#N)cc2cc(F)ccc21. The van der Waals surface area contributed by atoms with Gasteiger partial charge in [-0.05, 0) is 36.4 Å². The molecule has 0 radical (unpaired) electrons. The Bertz CT molecular complexity index is 921. The summed E-state index contributed by atoms with van der Waals surface area (Å²) in [5.41, 5.74) is 2.00. The number of carbonyl (C=O) groups excluding carboxylic acids is 1. The van der Waals surface area contributed by atoms with Crippen LogP contribution in [0.2, 0.25) is 0 Å². The van der Waals surface area contributed by atoms with E-state index in [4.69, 9.17) is 5.26 Å². The van der Waals surface area contributed by atoms with Crippen LogP contribution in [0, 0.1) is 17.1 Å². The third kappa shape index (κ3) is 2.31. The molecular formula is C17H12FN3O. The molecule has 1 amide bonds. The second kappa shape index (κ2) is 5.34. The number of fused-ring (bicyclic) bond motifs is 1. The Hall–Kier alpha value is -3.13. The third-order valence-corrected chi connectivity index (χ3v) is 3.53. The number of carbonyl (C=O) groups is 1. The highest BCUT2D eigenvalue weighted by Crippen LogP contribution is 2.21. The zero-order chi connectivity index (χ0) is 15.7. The maximum atomic E-state index is 13.3. The van der Waals surface area contributed by atoms with E-state index in [1.54, 1.807) is 48.0 Å². The van der Waals surface area contributed by atoms with Gasteiger partial charge in [-0.1, -0.05) is 12.1 Å². The molecule has 108 valence electrons. The van der Waals surface area contributed by atoms with Crippen LogP contribution < -0.4 is 5.32 Å². The van der Waals surface area contributed by atoms with E-state index in [2.05, 4.69) is 5.32 Å². The van der Waals surface area contributed by atoms with Gasteiger partial charge in [0, 0.05) is 18.0 Å². The van der Waals surface area contributed by atoms with Crippen LogP contribution in [0.25, 0.3) is 10.9 Å². The van der Waals surface area contributed by atoms with E-state index in [9.17, 15) is 9.18 Å². The van der Waals surface area contributed by atoms with E-state index >= 15 is 0 Å². The molecule has 0 fully saturated rings. The number of para-hydroxylation sites is 1. The highest BCUT2D eigenvalue weighted by Gasteiger charge is 2.15. The van der Waals surface area contributed by atoms with Gasteiger partial charge in [-0.2, -0.15) is 5.26 Å². The van der Waals surface area contributed by atoms with Gasteiger partial charge in [-0.15, -0.1) is 0 Å². The second-order valence-corrected chi connectivity index (χ2v) is 4.90. The lowest BCUT2D eigenvalue weighted by molar-refractivity contribution is 0.101.